The Morgan fingerprint density at radius 3 is 2.62 bits per heavy atom. The van der Waals surface area contributed by atoms with Crippen LogP contribution >= 0.6 is 12.2 Å². The molecule has 0 aromatic rings. The summed E-state index contributed by atoms with van der Waals surface area (Å²) in [4.78, 5) is 0.545. The molecule has 0 aliphatic carbocycles. The predicted octanol–water partition coefficient (Wildman–Crippen LogP) is 0.525. The molecule has 0 saturated carbocycles. The third kappa shape index (κ3) is 5.43. The van der Waals surface area contributed by atoms with Gasteiger partial charge in [0.05, 0.1) is 4.99 Å². The van der Waals surface area contributed by atoms with Crippen LogP contribution in [0.4, 0.5) is 0 Å². The summed E-state index contributed by atoms with van der Waals surface area (Å²) in [5.41, 5.74) is 10.2. The van der Waals surface area contributed by atoms with Crippen LogP contribution < -0.4 is 11.5 Å². The fourth-order valence-electron chi connectivity index (χ4n) is 0.322. The first-order chi connectivity index (χ1) is 3.77. The number of nitrogens with two attached hydrogens (primary N) is 2. The van der Waals surface area contributed by atoms with E-state index >= 15 is 0 Å². The Kier molecular flexibility index (Phi) is 4.26. The molecule has 3 heteroatoms. The Labute approximate surface area is 54.5 Å². The molecule has 4 N–H and O–H groups in total. The maximum Gasteiger partial charge on any atom is 0.0730 e. The molecule has 0 spiro atoms. The topological polar surface area (TPSA) is 52.0 Å². The standard InChI is InChI=1S/C5H10N2S/c6-4-2-1-3-5(7)8/h2,4H,1,3,6H2,(H2,7,8). The van der Waals surface area contributed by atoms with Crippen molar-refractivity contribution in [3.8, 4) is 0 Å². The minimum atomic E-state index is 0.545. The molecule has 0 heterocycles. The molecule has 0 amide bonds. The second kappa shape index (κ2) is 4.59. The van der Waals surface area contributed by atoms with Crippen LogP contribution in [0.25, 0.3) is 0 Å². The molecule has 0 aromatic carbocycles. The van der Waals surface area contributed by atoms with E-state index in [-0.39, 0.29) is 0 Å². The van der Waals surface area contributed by atoms with Crippen LogP contribution in [0.3, 0.4) is 0 Å². The smallest absolute Gasteiger partial charge is 0.0730 e. The predicted molar refractivity (Wildman–Crippen MR) is 39.3 cm³/mol. The largest absolute Gasteiger partial charge is 0.405 e. The summed E-state index contributed by atoms with van der Waals surface area (Å²) in [5.74, 6) is 0. The molecule has 46 valence electrons. The van der Waals surface area contributed by atoms with Crippen LogP contribution in [0, 0.1) is 0 Å². The van der Waals surface area contributed by atoms with Crippen LogP contribution in [0.15, 0.2) is 12.3 Å². The summed E-state index contributed by atoms with van der Waals surface area (Å²) < 4.78 is 0. The summed E-state index contributed by atoms with van der Waals surface area (Å²) in [6.07, 6.45) is 4.94. The van der Waals surface area contributed by atoms with E-state index in [0.717, 1.165) is 12.8 Å². The summed E-state index contributed by atoms with van der Waals surface area (Å²) in [5, 5.41) is 0. The second-order valence-corrected chi connectivity index (χ2v) is 1.96. The molecule has 0 saturated heterocycles. The van der Waals surface area contributed by atoms with Crippen LogP contribution in [0.2, 0.25) is 0 Å². The van der Waals surface area contributed by atoms with Crippen LogP contribution in [0.5, 0.6) is 0 Å². The first-order valence-corrected chi connectivity index (χ1v) is 2.83. The van der Waals surface area contributed by atoms with Gasteiger partial charge in [-0.25, -0.2) is 0 Å². The first kappa shape index (κ1) is 7.43. The monoisotopic (exact) mass is 130 g/mol. The zero-order chi connectivity index (χ0) is 6.41. The van der Waals surface area contributed by atoms with Gasteiger partial charge in [0.25, 0.3) is 0 Å². The van der Waals surface area contributed by atoms with Crippen molar-refractivity contribution in [2.24, 2.45) is 11.5 Å². The molecule has 8 heavy (non-hydrogen) atoms. The van der Waals surface area contributed by atoms with Crippen molar-refractivity contribution < 1.29 is 0 Å². The summed E-state index contributed by atoms with van der Waals surface area (Å²) in [6.45, 7) is 0. The van der Waals surface area contributed by atoms with Gasteiger partial charge in [0.1, 0.15) is 0 Å². The minimum Gasteiger partial charge on any atom is -0.405 e. The normalized spacial score (nSPS) is 10.0. The lowest BCUT2D eigenvalue weighted by molar-refractivity contribution is 1.10. The van der Waals surface area contributed by atoms with Crippen molar-refractivity contribution >= 4 is 17.2 Å². The zero-order valence-electron chi connectivity index (χ0n) is 4.63. The van der Waals surface area contributed by atoms with Gasteiger partial charge >= 0.3 is 0 Å². The van der Waals surface area contributed by atoms with Crippen molar-refractivity contribution in [2.45, 2.75) is 12.8 Å². The zero-order valence-corrected chi connectivity index (χ0v) is 5.45. The van der Waals surface area contributed by atoms with Gasteiger partial charge in [0, 0.05) is 6.42 Å². The van der Waals surface area contributed by atoms with E-state index in [9.17, 15) is 0 Å². The maximum absolute atomic E-state index is 5.19. The summed E-state index contributed by atoms with van der Waals surface area (Å²) in [7, 11) is 0. The Bertz CT molecular complexity index is 98.6. The molecule has 0 aliphatic rings. The van der Waals surface area contributed by atoms with E-state index in [1.54, 1.807) is 0 Å². The van der Waals surface area contributed by atoms with Gasteiger partial charge in [0.2, 0.25) is 0 Å². The number of hydrogen-bond acceptors (Lipinski definition) is 2. The lowest BCUT2D eigenvalue weighted by Gasteiger charge is -1.88. The number of hydrogen-bond donors (Lipinski definition) is 2. The molecule has 0 aliphatic heterocycles. The highest BCUT2D eigenvalue weighted by molar-refractivity contribution is 7.80. The van der Waals surface area contributed by atoms with Gasteiger partial charge in [0.15, 0.2) is 0 Å². The van der Waals surface area contributed by atoms with E-state index in [2.05, 4.69) is 12.2 Å². The summed E-state index contributed by atoms with van der Waals surface area (Å²) >= 11 is 4.61. The fourth-order valence-corrected chi connectivity index (χ4v) is 0.440. The van der Waals surface area contributed by atoms with Crippen LogP contribution in [-0.2, 0) is 0 Å². The number of rotatable bonds is 3. The van der Waals surface area contributed by atoms with E-state index in [1.165, 1.54) is 6.20 Å². The van der Waals surface area contributed by atoms with E-state index in [0.29, 0.717) is 4.99 Å². The maximum atomic E-state index is 5.19. The molecular weight excluding hydrogens is 120 g/mol. The average Bonchev–Trinajstić information content (AvgIpc) is 1.66. The van der Waals surface area contributed by atoms with Gasteiger partial charge < -0.3 is 11.5 Å². The Balaban J connectivity index is 3.05. The van der Waals surface area contributed by atoms with Crippen molar-refractivity contribution in [3.63, 3.8) is 0 Å². The minimum absolute atomic E-state index is 0.545. The van der Waals surface area contributed by atoms with Gasteiger partial charge in [-0.3, -0.25) is 0 Å². The van der Waals surface area contributed by atoms with Gasteiger partial charge in [-0.05, 0) is 12.6 Å². The molecule has 0 atom stereocenters. The Hall–Kier alpha value is -0.570. The highest BCUT2D eigenvalue weighted by atomic mass is 32.1. The fraction of sp³-hybridized carbons (Fsp3) is 0.400. The van der Waals surface area contributed by atoms with Crippen LogP contribution in [-0.4, -0.2) is 4.99 Å². The van der Waals surface area contributed by atoms with Crippen molar-refractivity contribution in [1.29, 1.82) is 0 Å². The van der Waals surface area contributed by atoms with E-state index in [1.807, 2.05) is 6.08 Å². The van der Waals surface area contributed by atoms with Crippen molar-refractivity contribution in [1.82, 2.24) is 0 Å². The number of thiocarbonyl (C=S) groups is 1. The lowest BCUT2D eigenvalue weighted by Crippen LogP contribution is -2.05. The third-order valence-corrected chi connectivity index (χ3v) is 0.898. The molecule has 0 bridgehead atoms. The second-order valence-electron chi connectivity index (χ2n) is 1.43. The SMILES string of the molecule is NC=CCCC(N)=S. The third-order valence-electron chi connectivity index (χ3n) is 0.693. The van der Waals surface area contributed by atoms with E-state index < -0.39 is 0 Å². The van der Waals surface area contributed by atoms with Crippen molar-refractivity contribution in [3.05, 3.63) is 12.3 Å². The quantitative estimate of drug-likeness (QED) is 0.548. The highest BCUT2D eigenvalue weighted by Gasteiger charge is 1.82. The molecule has 0 radical (unpaired) electrons. The number of allylic oxidation sites excluding steroid dienone is 1. The highest BCUT2D eigenvalue weighted by Crippen LogP contribution is 1.88. The van der Waals surface area contributed by atoms with Gasteiger partial charge in [-0.1, -0.05) is 18.3 Å². The molecule has 2 nitrogen and oxygen atoms in total. The van der Waals surface area contributed by atoms with E-state index in [4.69, 9.17) is 11.5 Å². The van der Waals surface area contributed by atoms with Gasteiger partial charge in [-0.15, -0.1) is 0 Å². The van der Waals surface area contributed by atoms with Crippen LogP contribution in [0.1, 0.15) is 12.8 Å². The first-order valence-electron chi connectivity index (χ1n) is 2.42. The molecule has 0 fully saturated rings. The molecule has 0 rings (SSSR count). The van der Waals surface area contributed by atoms with Crippen molar-refractivity contribution in [2.75, 3.05) is 0 Å². The Morgan fingerprint density at radius 1 is 1.62 bits per heavy atom. The molecular formula is C5H10N2S. The summed E-state index contributed by atoms with van der Waals surface area (Å²) in [6, 6.07) is 0. The average molecular weight is 130 g/mol. The van der Waals surface area contributed by atoms with Gasteiger partial charge in [-0.2, -0.15) is 0 Å². The molecule has 0 unspecified atom stereocenters. The molecule has 0 aromatic heterocycles. The Morgan fingerprint density at radius 2 is 2.25 bits per heavy atom. The lowest BCUT2D eigenvalue weighted by atomic mass is 10.3.